The van der Waals surface area contributed by atoms with Crippen molar-refractivity contribution in [3.63, 3.8) is 0 Å². The first-order chi connectivity index (χ1) is 13.8. The fourth-order valence-electron chi connectivity index (χ4n) is 3.61. The number of aromatic nitrogens is 2. The molecule has 5 rings (SSSR count). The predicted octanol–water partition coefficient (Wildman–Crippen LogP) is 4.61. The number of rotatable bonds is 4. The van der Waals surface area contributed by atoms with Gasteiger partial charge in [-0.2, -0.15) is 4.98 Å². The fraction of sp³-hybridized carbons (Fsp3) is 0.273. The Kier molecular flexibility index (Phi) is 4.45. The molecule has 0 saturated carbocycles. The first kappa shape index (κ1) is 16.9. The van der Waals surface area contributed by atoms with Gasteiger partial charge in [0.1, 0.15) is 5.82 Å². The lowest BCUT2D eigenvalue weighted by molar-refractivity contribution is 0.174. The second kappa shape index (κ2) is 7.38. The molecule has 2 aromatic carbocycles. The smallest absolute Gasteiger partial charge is 0.231 e. The van der Waals surface area contributed by atoms with E-state index in [0.717, 1.165) is 53.3 Å². The molecule has 2 aliphatic rings. The molecule has 1 aromatic heterocycles. The van der Waals surface area contributed by atoms with Crippen molar-refractivity contribution in [3.8, 4) is 22.8 Å². The van der Waals surface area contributed by atoms with Crippen LogP contribution < -0.4 is 19.7 Å². The third kappa shape index (κ3) is 3.45. The molecule has 6 heteroatoms. The Morgan fingerprint density at radius 3 is 2.50 bits per heavy atom. The summed E-state index contributed by atoms with van der Waals surface area (Å²) in [5.74, 6) is 3.07. The summed E-state index contributed by atoms with van der Waals surface area (Å²) in [5, 5.41) is 3.41. The zero-order chi connectivity index (χ0) is 18.8. The monoisotopic (exact) mass is 374 g/mol. The van der Waals surface area contributed by atoms with Gasteiger partial charge in [-0.1, -0.05) is 30.3 Å². The number of benzene rings is 2. The topological polar surface area (TPSA) is 59.5 Å². The van der Waals surface area contributed by atoms with E-state index < -0.39 is 0 Å². The number of nitrogens with one attached hydrogen (secondary N) is 1. The molecule has 1 saturated heterocycles. The Bertz CT molecular complexity index is 972. The van der Waals surface area contributed by atoms with E-state index >= 15 is 0 Å². The van der Waals surface area contributed by atoms with Gasteiger partial charge in [0.05, 0.1) is 5.69 Å². The van der Waals surface area contributed by atoms with Crippen LogP contribution in [0.2, 0.25) is 0 Å². The number of anilines is 3. The summed E-state index contributed by atoms with van der Waals surface area (Å²) < 4.78 is 10.9. The molecule has 0 bridgehead atoms. The molecule has 0 aliphatic carbocycles. The Morgan fingerprint density at radius 2 is 1.64 bits per heavy atom. The zero-order valence-electron chi connectivity index (χ0n) is 15.6. The van der Waals surface area contributed by atoms with Crippen molar-refractivity contribution in [3.05, 3.63) is 54.6 Å². The highest BCUT2D eigenvalue weighted by Gasteiger charge is 2.17. The number of ether oxygens (including phenoxy) is 2. The second-order valence-corrected chi connectivity index (χ2v) is 7.05. The minimum Gasteiger partial charge on any atom is -0.454 e. The molecule has 2 aliphatic heterocycles. The van der Waals surface area contributed by atoms with Crippen molar-refractivity contribution >= 4 is 17.5 Å². The van der Waals surface area contributed by atoms with Gasteiger partial charge in [-0.15, -0.1) is 0 Å². The fourth-order valence-corrected chi connectivity index (χ4v) is 3.61. The van der Waals surface area contributed by atoms with E-state index in [0.29, 0.717) is 0 Å². The molecule has 1 fully saturated rings. The van der Waals surface area contributed by atoms with E-state index in [9.17, 15) is 0 Å². The highest BCUT2D eigenvalue weighted by molar-refractivity contribution is 5.69. The van der Waals surface area contributed by atoms with Crippen LogP contribution in [0, 0.1) is 0 Å². The standard InChI is InChI=1S/C22H22N4O2/c1-3-7-16(8-4-1)18-14-21(25-22(24-18)26-11-5-2-6-12-26)23-17-9-10-19-20(13-17)28-15-27-19/h1,3-4,7-10,13-14H,2,5-6,11-12,15H2,(H,23,24,25). The highest BCUT2D eigenvalue weighted by Crippen LogP contribution is 2.35. The molecule has 28 heavy (non-hydrogen) atoms. The van der Waals surface area contributed by atoms with Gasteiger partial charge >= 0.3 is 0 Å². The molecule has 0 radical (unpaired) electrons. The van der Waals surface area contributed by atoms with Crippen LogP contribution >= 0.6 is 0 Å². The van der Waals surface area contributed by atoms with Crippen LogP contribution in [0.5, 0.6) is 11.5 Å². The van der Waals surface area contributed by atoms with Gasteiger partial charge in [0.15, 0.2) is 11.5 Å². The van der Waals surface area contributed by atoms with E-state index in [1.54, 1.807) is 0 Å². The quantitative estimate of drug-likeness (QED) is 0.720. The largest absolute Gasteiger partial charge is 0.454 e. The van der Waals surface area contributed by atoms with Crippen LogP contribution in [0.4, 0.5) is 17.5 Å². The molecular weight excluding hydrogens is 352 g/mol. The first-order valence-electron chi connectivity index (χ1n) is 9.71. The normalized spacial score (nSPS) is 15.5. The van der Waals surface area contributed by atoms with E-state index in [4.69, 9.17) is 19.4 Å². The summed E-state index contributed by atoms with van der Waals surface area (Å²) in [6, 6.07) is 18.0. The Hall–Kier alpha value is -3.28. The summed E-state index contributed by atoms with van der Waals surface area (Å²) in [7, 11) is 0. The van der Waals surface area contributed by atoms with Crippen LogP contribution in [0.15, 0.2) is 54.6 Å². The molecule has 0 unspecified atom stereocenters. The van der Waals surface area contributed by atoms with Crippen LogP contribution in [0.3, 0.4) is 0 Å². The predicted molar refractivity (Wildman–Crippen MR) is 109 cm³/mol. The summed E-state index contributed by atoms with van der Waals surface area (Å²) in [6.07, 6.45) is 3.64. The first-order valence-corrected chi connectivity index (χ1v) is 9.71. The molecule has 3 heterocycles. The molecule has 0 amide bonds. The lowest BCUT2D eigenvalue weighted by atomic mass is 10.1. The van der Waals surface area contributed by atoms with E-state index in [1.807, 2.05) is 42.5 Å². The maximum Gasteiger partial charge on any atom is 0.231 e. The molecule has 0 atom stereocenters. The van der Waals surface area contributed by atoms with Gasteiger partial charge in [-0.05, 0) is 31.4 Å². The molecule has 6 nitrogen and oxygen atoms in total. The zero-order valence-corrected chi connectivity index (χ0v) is 15.6. The van der Waals surface area contributed by atoms with Crippen LogP contribution in [0.25, 0.3) is 11.3 Å². The number of hydrogen-bond acceptors (Lipinski definition) is 6. The van der Waals surface area contributed by atoms with Crippen molar-refractivity contribution in [2.75, 3.05) is 30.1 Å². The summed E-state index contributed by atoms with van der Waals surface area (Å²) >= 11 is 0. The third-order valence-electron chi connectivity index (χ3n) is 5.07. The van der Waals surface area contributed by atoms with Gasteiger partial charge in [0.2, 0.25) is 12.7 Å². The summed E-state index contributed by atoms with van der Waals surface area (Å²) in [4.78, 5) is 11.9. The summed E-state index contributed by atoms with van der Waals surface area (Å²) in [6.45, 7) is 2.27. The number of hydrogen-bond donors (Lipinski definition) is 1. The maximum absolute atomic E-state index is 5.49. The highest BCUT2D eigenvalue weighted by atomic mass is 16.7. The van der Waals surface area contributed by atoms with Crippen molar-refractivity contribution < 1.29 is 9.47 Å². The minimum atomic E-state index is 0.267. The van der Waals surface area contributed by atoms with E-state index in [2.05, 4.69) is 22.3 Å². The maximum atomic E-state index is 5.49. The van der Waals surface area contributed by atoms with Crippen LogP contribution in [-0.2, 0) is 0 Å². The molecule has 142 valence electrons. The second-order valence-electron chi connectivity index (χ2n) is 7.05. The van der Waals surface area contributed by atoms with Gasteiger partial charge in [-0.25, -0.2) is 4.98 Å². The molecule has 1 N–H and O–H groups in total. The molecule has 0 spiro atoms. The lowest BCUT2D eigenvalue weighted by Gasteiger charge is -2.27. The Morgan fingerprint density at radius 1 is 0.821 bits per heavy atom. The average Bonchev–Trinajstić information content (AvgIpc) is 3.23. The number of fused-ring (bicyclic) bond motifs is 1. The number of piperidine rings is 1. The Balaban J connectivity index is 1.50. The van der Waals surface area contributed by atoms with Crippen molar-refractivity contribution in [1.82, 2.24) is 9.97 Å². The Labute approximate surface area is 164 Å². The van der Waals surface area contributed by atoms with Gasteiger partial charge in [-0.3, -0.25) is 0 Å². The average molecular weight is 374 g/mol. The summed E-state index contributed by atoms with van der Waals surface area (Å²) in [5.41, 5.74) is 2.91. The van der Waals surface area contributed by atoms with Gasteiger partial charge < -0.3 is 19.7 Å². The van der Waals surface area contributed by atoms with Crippen LogP contribution in [0.1, 0.15) is 19.3 Å². The van der Waals surface area contributed by atoms with Crippen molar-refractivity contribution in [2.45, 2.75) is 19.3 Å². The molecule has 3 aromatic rings. The van der Waals surface area contributed by atoms with E-state index in [1.165, 1.54) is 19.3 Å². The lowest BCUT2D eigenvalue weighted by Crippen LogP contribution is -2.31. The van der Waals surface area contributed by atoms with Gasteiger partial charge in [0, 0.05) is 36.5 Å². The van der Waals surface area contributed by atoms with Crippen LogP contribution in [-0.4, -0.2) is 29.9 Å². The van der Waals surface area contributed by atoms with E-state index in [-0.39, 0.29) is 6.79 Å². The minimum absolute atomic E-state index is 0.267. The molecular formula is C22H22N4O2. The van der Waals surface area contributed by atoms with Crippen molar-refractivity contribution in [2.24, 2.45) is 0 Å². The van der Waals surface area contributed by atoms with Gasteiger partial charge in [0.25, 0.3) is 0 Å². The number of nitrogens with zero attached hydrogens (tertiary/aromatic N) is 3. The third-order valence-corrected chi connectivity index (χ3v) is 5.07. The van der Waals surface area contributed by atoms with Crippen molar-refractivity contribution in [1.29, 1.82) is 0 Å². The SMILES string of the molecule is c1ccc(-c2cc(Nc3ccc4c(c3)OCO4)nc(N3CCCCC3)n2)cc1.